The average molecular weight is 246 g/mol. The Morgan fingerprint density at radius 2 is 2.33 bits per heavy atom. The van der Waals surface area contributed by atoms with Crippen LogP contribution in [0.15, 0.2) is 16.0 Å². The molecule has 0 fully saturated rings. The molecule has 0 saturated carbocycles. The van der Waals surface area contributed by atoms with Gasteiger partial charge in [0.25, 0.3) is 0 Å². The van der Waals surface area contributed by atoms with Gasteiger partial charge in [-0.25, -0.2) is 4.98 Å². The SMILES string of the molecule is CNCc1nc(-c2cc(C)no2)cs1.Cl. The van der Waals surface area contributed by atoms with Gasteiger partial charge in [0.15, 0.2) is 5.76 Å². The van der Waals surface area contributed by atoms with E-state index in [0.29, 0.717) is 0 Å². The van der Waals surface area contributed by atoms with E-state index in [1.165, 1.54) is 0 Å². The lowest BCUT2D eigenvalue weighted by Gasteiger charge is -1.90. The Hall–Kier alpha value is -0.910. The van der Waals surface area contributed by atoms with E-state index in [-0.39, 0.29) is 12.4 Å². The molecular weight excluding hydrogens is 234 g/mol. The highest BCUT2D eigenvalue weighted by atomic mass is 35.5. The fourth-order valence-electron chi connectivity index (χ4n) is 1.14. The first-order valence-corrected chi connectivity index (χ1v) is 5.20. The topological polar surface area (TPSA) is 51.0 Å². The van der Waals surface area contributed by atoms with Crippen LogP contribution in [0.5, 0.6) is 0 Å². The lowest BCUT2D eigenvalue weighted by atomic mass is 10.3. The fraction of sp³-hybridized carbons (Fsp3) is 0.333. The monoisotopic (exact) mass is 245 g/mol. The Balaban J connectivity index is 0.00000112. The summed E-state index contributed by atoms with van der Waals surface area (Å²) in [5.74, 6) is 0.737. The minimum atomic E-state index is 0. The van der Waals surface area contributed by atoms with E-state index in [4.69, 9.17) is 4.52 Å². The maximum atomic E-state index is 5.12. The van der Waals surface area contributed by atoms with Crippen molar-refractivity contribution in [3.05, 3.63) is 22.1 Å². The lowest BCUT2D eigenvalue weighted by molar-refractivity contribution is 0.426. The van der Waals surface area contributed by atoms with Crippen LogP contribution in [-0.4, -0.2) is 17.2 Å². The number of aromatic nitrogens is 2. The van der Waals surface area contributed by atoms with Gasteiger partial charge in [-0.05, 0) is 14.0 Å². The van der Waals surface area contributed by atoms with Gasteiger partial charge in [-0.3, -0.25) is 0 Å². The lowest BCUT2D eigenvalue weighted by Crippen LogP contribution is -2.04. The van der Waals surface area contributed by atoms with Crippen molar-refractivity contribution in [1.82, 2.24) is 15.5 Å². The van der Waals surface area contributed by atoms with E-state index in [2.05, 4.69) is 15.5 Å². The number of hydrogen-bond donors (Lipinski definition) is 1. The van der Waals surface area contributed by atoms with Crippen molar-refractivity contribution in [1.29, 1.82) is 0 Å². The molecule has 0 atom stereocenters. The normalized spacial score (nSPS) is 10.0. The predicted molar refractivity (Wildman–Crippen MR) is 62.4 cm³/mol. The van der Waals surface area contributed by atoms with Crippen LogP contribution in [0.25, 0.3) is 11.5 Å². The average Bonchev–Trinajstić information content (AvgIpc) is 2.74. The third-order valence-electron chi connectivity index (χ3n) is 1.76. The molecule has 0 radical (unpaired) electrons. The summed E-state index contributed by atoms with van der Waals surface area (Å²) < 4.78 is 5.12. The van der Waals surface area contributed by atoms with Crippen molar-refractivity contribution < 1.29 is 4.52 Å². The van der Waals surface area contributed by atoms with Crippen molar-refractivity contribution in [3.8, 4) is 11.5 Å². The third kappa shape index (κ3) is 2.77. The highest BCUT2D eigenvalue weighted by Gasteiger charge is 2.08. The van der Waals surface area contributed by atoms with Gasteiger partial charge in [0.2, 0.25) is 0 Å². The standard InChI is InChI=1S/C9H11N3OS.ClH/c1-6-3-8(13-12-6)7-5-14-9(11-7)4-10-2;/h3,5,10H,4H2,1-2H3;1H. The number of thiazole rings is 1. The van der Waals surface area contributed by atoms with E-state index >= 15 is 0 Å². The zero-order valence-corrected chi connectivity index (χ0v) is 10.1. The number of nitrogens with one attached hydrogen (secondary N) is 1. The minimum Gasteiger partial charge on any atom is -0.354 e. The molecule has 0 saturated heterocycles. The maximum Gasteiger partial charge on any atom is 0.186 e. The molecule has 0 unspecified atom stereocenters. The van der Waals surface area contributed by atoms with Gasteiger partial charge in [0, 0.05) is 18.0 Å². The smallest absolute Gasteiger partial charge is 0.186 e. The molecule has 2 aromatic rings. The number of halogens is 1. The molecule has 82 valence electrons. The predicted octanol–water partition coefficient (Wildman–Crippen LogP) is 2.25. The molecule has 0 spiro atoms. The molecule has 0 aliphatic carbocycles. The van der Waals surface area contributed by atoms with E-state index in [9.17, 15) is 0 Å². The van der Waals surface area contributed by atoms with Crippen molar-refractivity contribution >= 4 is 23.7 Å². The maximum absolute atomic E-state index is 5.12. The highest BCUT2D eigenvalue weighted by Crippen LogP contribution is 2.22. The Kier molecular flexibility index (Phi) is 4.26. The van der Waals surface area contributed by atoms with Gasteiger partial charge in [0.05, 0.1) is 5.69 Å². The Bertz CT molecular complexity index is 426. The summed E-state index contributed by atoms with van der Waals surface area (Å²) >= 11 is 1.62. The molecule has 0 aliphatic heterocycles. The zero-order chi connectivity index (χ0) is 9.97. The molecule has 0 amide bonds. The molecule has 4 nitrogen and oxygen atoms in total. The summed E-state index contributed by atoms with van der Waals surface area (Å²) in [6.07, 6.45) is 0. The number of aryl methyl sites for hydroxylation is 1. The van der Waals surface area contributed by atoms with Crippen LogP contribution < -0.4 is 5.32 Å². The first-order chi connectivity index (χ1) is 6.79. The zero-order valence-electron chi connectivity index (χ0n) is 8.48. The van der Waals surface area contributed by atoms with Crippen LogP contribution in [0.1, 0.15) is 10.7 Å². The van der Waals surface area contributed by atoms with Crippen LogP contribution in [-0.2, 0) is 6.54 Å². The van der Waals surface area contributed by atoms with Crippen LogP contribution >= 0.6 is 23.7 Å². The summed E-state index contributed by atoms with van der Waals surface area (Å²) in [6, 6.07) is 1.89. The number of hydrogen-bond acceptors (Lipinski definition) is 5. The van der Waals surface area contributed by atoms with Gasteiger partial charge in [-0.15, -0.1) is 23.7 Å². The molecule has 2 rings (SSSR count). The molecule has 6 heteroatoms. The van der Waals surface area contributed by atoms with Gasteiger partial charge in [0.1, 0.15) is 10.7 Å². The van der Waals surface area contributed by atoms with E-state index in [0.717, 1.165) is 28.7 Å². The summed E-state index contributed by atoms with van der Waals surface area (Å²) in [5, 5.41) is 9.91. The molecular formula is C9H12ClN3OS. The van der Waals surface area contributed by atoms with Gasteiger partial charge in [-0.1, -0.05) is 5.16 Å². The Morgan fingerprint density at radius 3 is 2.93 bits per heavy atom. The van der Waals surface area contributed by atoms with Crippen LogP contribution in [0.4, 0.5) is 0 Å². The molecule has 0 aromatic carbocycles. The van der Waals surface area contributed by atoms with Crippen molar-refractivity contribution in [3.63, 3.8) is 0 Å². The van der Waals surface area contributed by atoms with Crippen LogP contribution in [0.2, 0.25) is 0 Å². The molecule has 15 heavy (non-hydrogen) atoms. The summed E-state index contributed by atoms with van der Waals surface area (Å²) in [7, 11) is 1.90. The van der Waals surface area contributed by atoms with E-state index in [1.807, 2.05) is 25.4 Å². The highest BCUT2D eigenvalue weighted by molar-refractivity contribution is 7.09. The van der Waals surface area contributed by atoms with Gasteiger partial charge in [-0.2, -0.15) is 0 Å². The van der Waals surface area contributed by atoms with Crippen LogP contribution in [0.3, 0.4) is 0 Å². The van der Waals surface area contributed by atoms with E-state index in [1.54, 1.807) is 11.3 Å². The molecule has 0 bridgehead atoms. The number of nitrogens with zero attached hydrogens (tertiary/aromatic N) is 2. The van der Waals surface area contributed by atoms with Crippen LogP contribution in [0, 0.1) is 6.92 Å². The minimum absolute atomic E-state index is 0. The second kappa shape index (κ2) is 5.25. The quantitative estimate of drug-likeness (QED) is 0.901. The van der Waals surface area contributed by atoms with E-state index < -0.39 is 0 Å². The largest absolute Gasteiger partial charge is 0.354 e. The molecule has 2 heterocycles. The first kappa shape index (κ1) is 12.2. The first-order valence-electron chi connectivity index (χ1n) is 4.32. The summed E-state index contributed by atoms with van der Waals surface area (Å²) in [6.45, 7) is 2.69. The number of rotatable bonds is 3. The third-order valence-corrected chi connectivity index (χ3v) is 2.61. The molecule has 1 N–H and O–H groups in total. The van der Waals surface area contributed by atoms with Crippen molar-refractivity contribution in [2.24, 2.45) is 0 Å². The second-order valence-corrected chi connectivity index (χ2v) is 3.93. The molecule has 0 aliphatic rings. The van der Waals surface area contributed by atoms with Crippen molar-refractivity contribution in [2.75, 3.05) is 7.05 Å². The second-order valence-electron chi connectivity index (χ2n) is 2.99. The summed E-state index contributed by atoms with van der Waals surface area (Å²) in [4.78, 5) is 4.41. The molecule has 2 aromatic heterocycles. The van der Waals surface area contributed by atoms with Gasteiger partial charge < -0.3 is 9.84 Å². The summed E-state index contributed by atoms with van der Waals surface area (Å²) in [5.41, 5.74) is 1.74. The Labute approximate surface area is 98.1 Å². The Morgan fingerprint density at radius 1 is 1.53 bits per heavy atom. The van der Waals surface area contributed by atoms with Gasteiger partial charge >= 0.3 is 0 Å². The fourth-order valence-corrected chi connectivity index (χ4v) is 1.94. The van der Waals surface area contributed by atoms with Crippen molar-refractivity contribution in [2.45, 2.75) is 13.5 Å².